The number of morpholine rings is 1. The van der Waals surface area contributed by atoms with Crippen molar-refractivity contribution in [1.82, 2.24) is 5.32 Å². The van der Waals surface area contributed by atoms with Crippen LogP contribution in [0.2, 0.25) is 0 Å². The van der Waals surface area contributed by atoms with Gasteiger partial charge >= 0.3 is 6.09 Å². The highest BCUT2D eigenvalue weighted by molar-refractivity contribution is 5.99. The van der Waals surface area contributed by atoms with Gasteiger partial charge in [-0.05, 0) is 37.6 Å². The summed E-state index contributed by atoms with van der Waals surface area (Å²) in [4.78, 5) is 40.3. The van der Waals surface area contributed by atoms with E-state index in [1.54, 1.807) is 18.2 Å². The topological polar surface area (TPSA) is 88.2 Å². The minimum atomic E-state index is -0.590. The van der Waals surface area contributed by atoms with Crippen LogP contribution in [0.3, 0.4) is 0 Å². The second kappa shape index (κ2) is 10.9. The van der Waals surface area contributed by atoms with E-state index in [0.29, 0.717) is 43.2 Å². The summed E-state index contributed by atoms with van der Waals surface area (Å²) in [7, 11) is 0. The molecule has 0 aromatic heterocycles. The van der Waals surface area contributed by atoms with E-state index < -0.39 is 18.0 Å². The van der Waals surface area contributed by atoms with Gasteiger partial charge in [-0.15, -0.1) is 0 Å². The molecule has 0 radical (unpaired) electrons. The minimum absolute atomic E-state index is 0.0464. The fourth-order valence-electron chi connectivity index (χ4n) is 4.37. The Morgan fingerprint density at radius 3 is 2.57 bits per heavy atom. The molecule has 0 saturated carbocycles. The van der Waals surface area contributed by atoms with Crippen molar-refractivity contribution in [3.8, 4) is 0 Å². The summed E-state index contributed by atoms with van der Waals surface area (Å²) in [6.07, 6.45) is -1.01. The number of halogens is 1. The van der Waals surface area contributed by atoms with Crippen LogP contribution >= 0.6 is 0 Å². The smallest absolute Gasteiger partial charge is 0.414 e. The average molecular weight is 484 g/mol. The Morgan fingerprint density at radius 2 is 1.86 bits per heavy atom. The molecule has 8 nitrogen and oxygen atoms in total. The predicted molar refractivity (Wildman–Crippen MR) is 130 cm³/mol. The summed E-state index contributed by atoms with van der Waals surface area (Å²) in [5.74, 6) is -0.792. The molecule has 1 unspecified atom stereocenters. The van der Waals surface area contributed by atoms with Gasteiger partial charge in [-0.2, -0.15) is 0 Å². The number of hydrogen-bond donors (Lipinski definition) is 1. The summed E-state index contributed by atoms with van der Waals surface area (Å²) in [6.45, 7) is 6.47. The maximum atomic E-state index is 14.7. The highest BCUT2D eigenvalue weighted by Crippen LogP contribution is 2.28. The fraction of sp³-hybridized carbons (Fsp3) is 0.423. The lowest BCUT2D eigenvalue weighted by atomic mass is 9.99. The average Bonchev–Trinajstić information content (AvgIpc) is 3.22. The Morgan fingerprint density at radius 1 is 1.09 bits per heavy atom. The molecule has 1 N–H and O–H groups in total. The molecule has 2 aromatic rings. The maximum Gasteiger partial charge on any atom is 0.414 e. The molecule has 9 heteroatoms. The van der Waals surface area contributed by atoms with Gasteiger partial charge in [0.1, 0.15) is 11.9 Å². The number of ketones is 1. The summed E-state index contributed by atoms with van der Waals surface area (Å²) < 4.78 is 25.4. The van der Waals surface area contributed by atoms with Gasteiger partial charge in [-0.3, -0.25) is 14.5 Å². The molecule has 0 aliphatic carbocycles. The molecule has 2 saturated heterocycles. The second-order valence-electron chi connectivity index (χ2n) is 8.90. The summed E-state index contributed by atoms with van der Waals surface area (Å²) in [5.41, 5.74) is 3.47. The van der Waals surface area contributed by atoms with Crippen molar-refractivity contribution in [1.29, 1.82) is 0 Å². The van der Waals surface area contributed by atoms with E-state index >= 15 is 0 Å². The fourth-order valence-corrected chi connectivity index (χ4v) is 4.37. The Balaban J connectivity index is 1.26. The Bertz CT molecular complexity index is 1120. The number of carbonyl (C=O) groups is 3. The Labute approximate surface area is 204 Å². The van der Waals surface area contributed by atoms with Crippen LogP contribution in [-0.2, 0) is 14.3 Å². The largest absolute Gasteiger partial charge is 0.442 e. The Hall–Kier alpha value is -3.46. The van der Waals surface area contributed by atoms with Gasteiger partial charge in [0, 0.05) is 31.5 Å². The number of carbonyl (C=O) groups excluding carboxylic acids is 3. The van der Waals surface area contributed by atoms with Crippen LogP contribution in [-0.4, -0.2) is 63.3 Å². The van der Waals surface area contributed by atoms with Crippen molar-refractivity contribution in [2.75, 3.05) is 49.2 Å². The molecule has 0 spiro atoms. The molecule has 2 heterocycles. The lowest BCUT2D eigenvalue weighted by Gasteiger charge is -2.29. The monoisotopic (exact) mass is 483 g/mol. The molecular formula is C26H30FN3O5. The number of hydrogen-bond acceptors (Lipinski definition) is 6. The van der Waals surface area contributed by atoms with E-state index in [2.05, 4.69) is 5.32 Å². The molecule has 2 aliphatic heterocycles. The maximum absolute atomic E-state index is 14.7. The van der Waals surface area contributed by atoms with Crippen molar-refractivity contribution < 1.29 is 28.2 Å². The first-order valence-corrected chi connectivity index (χ1v) is 11.8. The molecule has 186 valence electrons. The number of nitrogens with zero attached hydrogens (tertiary/aromatic N) is 2. The molecule has 2 aliphatic rings. The minimum Gasteiger partial charge on any atom is -0.442 e. The van der Waals surface area contributed by atoms with Crippen molar-refractivity contribution >= 4 is 29.2 Å². The number of cyclic esters (lactones) is 1. The van der Waals surface area contributed by atoms with Gasteiger partial charge in [-0.1, -0.05) is 23.8 Å². The van der Waals surface area contributed by atoms with E-state index in [1.165, 1.54) is 11.0 Å². The molecule has 1 atom stereocenters. The van der Waals surface area contributed by atoms with Gasteiger partial charge in [-0.25, -0.2) is 9.18 Å². The Kier molecular flexibility index (Phi) is 7.65. The van der Waals surface area contributed by atoms with Gasteiger partial charge in [0.15, 0.2) is 5.78 Å². The first-order chi connectivity index (χ1) is 16.8. The molecule has 4 rings (SSSR count). The van der Waals surface area contributed by atoms with Crippen molar-refractivity contribution in [3.63, 3.8) is 0 Å². The number of nitrogens with one attached hydrogen (secondary N) is 1. The van der Waals surface area contributed by atoms with Gasteiger partial charge in [0.25, 0.3) is 0 Å². The number of anilines is 2. The van der Waals surface area contributed by atoms with Crippen LogP contribution in [0.1, 0.15) is 34.3 Å². The van der Waals surface area contributed by atoms with Gasteiger partial charge < -0.3 is 19.7 Å². The third kappa shape index (κ3) is 5.97. The van der Waals surface area contributed by atoms with Gasteiger partial charge in [0.2, 0.25) is 5.91 Å². The zero-order chi connectivity index (χ0) is 24.9. The van der Waals surface area contributed by atoms with E-state index in [9.17, 15) is 18.8 Å². The third-order valence-electron chi connectivity index (χ3n) is 6.26. The van der Waals surface area contributed by atoms with Crippen molar-refractivity contribution in [2.45, 2.75) is 32.8 Å². The van der Waals surface area contributed by atoms with Crippen molar-refractivity contribution in [3.05, 3.63) is 58.9 Å². The van der Waals surface area contributed by atoms with Crippen LogP contribution in [0.15, 0.2) is 36.4 Å². The predicted octanol–water partition coefficient (Wildman–Crippen LogP) is 3.38. The molecule has 2 amide bonds. The SMILES string of the molecule is Cc1ccc(C(=O)CCC(=O)NCC2CN(c3ccc(N4CCOCC4)c(F)c3)C(=O)O2)c(C)c1. The standard InChI is InChI=1S/C26H30FN3O5/c1-17-3-5-21(18(2)13-17)24(31)7-8-25(32)28-15-20-16-30(26(33)35-20)19-4-6-23(22(27)14-19)29-9-11-34-12-10-29/h3-6,13-14,20H,7-12,15-16H2,1-2H3,(H,28,32). The van der Waals surface area contributed by atoms with Crippen LogP contribution in [0, 0.1) is 19.7 Å². The lowest BCUT2D eigenvalue weighted by molar-refractivity contribution is -0.121. The molecular weight excluding hydrogens is 453 g/mol. The van der Waals surface area contributed by atoms with Crippen LogP contribution in [0.5, 0.6) is 0 Å². The van der Waals surface area contributed by atoms with E-state index in [0.717, 1.165) is 11.1 Å². The van der Waals surface area contributed by atoms with E-state index in [1.807, 2.05) is 30.9 Å². The van der Waals surface area contributed by atoms with Crippen LogP contribution in [0.4, 0.5) is 20.6 Å². The van der Waals surface area contributed by atoms with E-state index in [4.69, 9.17) is 9.47 Å². The number of aryl methyl sites for hydroxylation is 2. The first kappa shape index (κ1) is 24.7. The van der Waals surface area contributed by atoms with Crippen LogP contribution in [0.25, 0.3) is 0 Å². The number of ether oxygens (including phenoxy) is 2. The quantitative estimate of drug-likeness (QED) is 0.579. The molecule has 0 bridgehead atoms. The van der Waals surface area contributed by atoms with E-state index in [-0.39, 0.29) is 37.6 Å². The first-order valence-electron chi connectivity index (χ1n) is 11.8. The third-order valence-corrected chi connectivity index (χ3v) is 6.26. The highest BCUT2D eigenvalue weighted by atomic mass is 19.1. The second-order valence-corrected chi connectivity index (χ2v) is 8.90. The number of benzene rings is 2. The molecule has 2 aromatic carbocycles. The number of amides is 2. The summed E-state index contributed by atoms with van der Waals surface area (Å²) >= 11 is 0. The lowest BCUT2D eigenvalue weighted by Crippen LogP contribution is -2.37. The molecule has 35 heavy (non-hydrogen) atoms. The molecule has 2 fully saturated rings. The van der Waals surface area contributed by atoms with Crippen molar-refractivity contribution in [2.24, 2.45) is 0 Å². The number of rotatable bonds is 8. The zero-order valence-corrected chi connectivity index (χ0v) is 20.0. The highest BCUT2D eigenvalue weighted by Gasteiger charge is 2.33. The number of Topliss-reactive ketones (excluding diaryl/α,β-unsaturated/α-hetero) is 1. The van der Waals surface area contributed by atoms with Gasteiger partial charge in [0.05, 0.1) is 37.7 Å². The summed E-state index contributed by atoms with van der Waals surface area (Å²) in [5, 5.41) is 2.72. The summed E-state index contributed by atoms with van der Waals surface area (Å²) in [6, 6.07) is 10.3. The normalized spacial score (nSPS) is 17.9. The van der Waals surface area contributed by atoms with Crippen LogP contribution < -0.4 is 15.1 Å². The zero-order valence-electron chi connectivity index (χ0n) is 20.0.